The Morgan fingerprint density at radius 2 is 1.64 bits per heavy atom. The van der Waals surface area contributed by atoms with E-state index < -0.39 is 11.5 Å². The van der Waals surface area contributed by atoms with Gasteiger partial charge >= 0.3 is 0 Å². The van der Waals surface area contributed by atoms with Gasteiger partial charge in [0, 0.05) is 16.1 Å². The summed E-state index contributed by atoms with van der Waals surface area (Å²) in [5.41, 5.74) is 4.54. The molecule has 1 heterocycles. The summed E-state index contributed by atoms with van der Waals surface area (Å²) in [6.07, 6.45) is 7.28. The van der Waals surface area contributed by atoms with Gasteiger partial charge in [0.05, 0.1) is 11.5 Å². The van der Waals surface area contributed by atoms with Crippen LogP contribution in [0.3, 0.4) is 0 Å². The number of rotatable bonds is 7. The molecular formula is C33H44ClN3O2. The molecule has 0 saturated heterocycles. The maximum absolute atomic E-state index is 11.9. The van der Waals surface area contributed by atoms with Gasteiger partial charge in [-0.1, -0.05) is 104 Å². The van der Waals surface area contributed by atoms with Crippen LogP contribution in [-0.4, -0.2) is 31.7 Å². The Bertz CT molecular complexity index is 1440. The number of aliphatic hydroxyl groups excluding tert-OH is 1. The van der Waals surface area contributed by atoms with Crippen LogP contribution in [0.2, 0.25) is 5.02 Å². The second-order valence-electron chi connectivity index (χ2n) is 13.5. The lowest BCUT2D eigenvalue weighted by Gasteiger charge is -2.41. The highest BCUT2D eigenvalue weighted by Gasteiger charge is 2.44. The van der Waals surface area contributed by atoms with Gasteiger partial charge in [-0.05, 0) is 64.3 Å². The van der Waals surface area contributed by atoms with Crippen LogP contribution in [-0.2, 0) is 22.7 Å². The maximum atomic E-state index is 11.9. The highest BCUT2D eigenvalue weighted by Crippen LogP contribution is 2.49. The standard InChI is InChI=1S/C33H44ClN3O2/c1-10-31(6,7)22-16-20(29(39)23(17-22)32(8,9)11-2)18-33(19-21(30(3,4)5)12-15-26(33)38)27-24(34)13-14-25-28(27)36-37-35-25/h12-17,19,26,38-39H,10-11,18H2,1-9H3,(H,35,36,37). The molecule has 0 bridgehead atoms. The molecule has 0 spiro atoms. The SMILES string of the molecule is CCC(C)(C)c1cc(CC2(c3c(Cl)ccc4n[nH]nc34)C=C(C(C)(C)C)C=CC2O)c(O)c(C(C)(C)CC)c1. The molecule has 210 valence electrons. The predicted octanol–water partition coefficient (Wildman–Crippen LogP) is 8.08. The average Bonchev–Trinajstić information content (AvgIpc) is 3.34. The normalized spacial score (nSPS) is 20.5. The molecular weight excluding hydrogens is 506 g/mol. The number of phenols is 1. The zero-order valence-electron chi connectivity index (χ0n) is 24.9. The third-order valence-electron chi connectivity index (χ3n) is 9.12. The zero-order chi connectivity index (χ0) is 29.0. The number of nitrogens with zero attached hydrogens (tertiary/aromatic N) is 2. The molecule has 6 heteroatoms. The van der Waals surface area contributed by atoms with Crippen molar-refractivity contribution in [2.75, 3.05) is 0 Å². The fraction of sp³-hybridized carbons (Fsp3) is 0.515. The summed E-state index contributed by atoms with van der Waals surface area (Å²) in [6, 6.07) is 7.96. The monoisotopic (exact) mass is 549 g/mol. The molecule has 4 rings (SSSR count). The number of allylic oxidation sites excluding steroid dienone is 2. The number of benzene rings is 2. The van der Waals surface area contributed by atoms with Crippen LogP contribution >= 0.6 is 11.6 Å². The summed E-state index contributed by atoms with van der Waals surface area (Å²) in [5.74, 6) is 0.285. The smallest absolute Gasteiger partial charge is 0.122 e. The largest absolute Gasteiger partial charge is 0.507 e. The van der Waals surface area contributed by atoms with E-state index in [0.29, 0.717) is 28.0 Å². The van der Waals surface area contributed by atoms with Gasteiger partial charge in [0.2, 0.25) is 0 Å². The van der Waals surface area contributed by atoms with Gasteiger partial charge in [0.25, 0.3) is 0 Å². The zero-order valence-corrected chi connectivity index (χ0v) is 25.7. The van der Waals surface area contributed by atoms with Crippen molar-refractivity contribution >= 4 is 22.6 Å². The molecule has 2 unspecified atom stereocenters. The Hall–Kier alpha value is -2.63. The Morgan fingerprint density at radius 3 is 2.26 bits per heavy atom. The van der Waals surface area contributed by atoms with Crippen molar-refractivity contribution in [2.45, 2.75) is 104 Å². The summed E-state index contributed by atoms with van der Waals surface area (Å²) in [5, 5.41) is 35.8. The fourth-order valence-corrected chi connectivity index (χ4v) is 5.81. The minimum Gasteiger partial charge on any atom is -0.507 e. The van der Waals surface area contributed by atoms with Gasteiger partial charge in [0.15, 0.2) is 0 Å². The molecule has 0 amide bonds. The highest BCUT2D eigenvalue weighted by atomic mass is 35.5. The third-order valence-corrected chi connectivity index (χ3v) is 9.43. The Balaban J connectivity index is 2.08. The Kier molecular flexibility index (Phi) is 7.59. The fourth-order valence-electron chi connectivity index (χ4n) is 5.48. The number of phenolic OH excluding ortho intramolecular Hbond substituents is 1. The van der Waals surface area contributed by atoms with E-state index in [4.69, 9.17) is 11.6 Å². The number of nitrogens with one attached hydrogen (secondary N) is 1. The minimum absolute atomic E-state index is 0.0878. The summed E-state index contributed by atoms with van der Waals surface area (Å²) >= 11 is 6.96. The van der Waals surface area contributed by atoms with Crippen molar-refractivity contribution in [1.82, 2.24) is 15.4 Å². The van der Waals surface area contributed by atoms with Crippen molar-refractivity contribution in [3.05, 3.63) is 75.3 Å². The number of fused-ring (bicyclic) bond motifs is 1. The van der Waals surface area contributed by atoms with Crippen LogP contribution in [0.15, 0.2) is 48.1 Å². The average molecular weight is 550 g/mol. The van der Waals surface area contributed by atoms with Crippen LogP contribution in [0.4, 0.5) is 0 Å². The lowest BCUT2D eigenvalue weighted by Crippen LogP contribution is -2.42. The van der Waals surface area contributed by atoms with E-state index in [1.165, 1.54) is 5.56 Å². The maximum Gasteiger partial charge on any atom is 0.122 e. The van der Waals surface area contributed by atoms with E-state index in [2.05, 4.69) is 95.9 Å². The number of aromatic amines is 1. The Labute approximate surface area is 238 Å². The van der Waals surface area contributed by atoms with Gasteiger partial charge in [-0.3, -0.25) is 0 Å². The van der Waals surface area contributed by atoms with Crippen LogP contribution < -0.4 is 0 Å². The van der Waals surface area contributed by atoms with Crippen LogP contribution in [0.1, 0.15) is 97.4 Å². The highest BCUT2D eigenvalue weighted by molar-refractivity contribution is 6.32. The number of halogens is 1. The second-order valence-corrected chi connectivity index (χ2v) is 13.9. The number of hydrogen-bond acceptors (Lipinski definition) is 4. The molecule has 0 saturated carbocycles. The molecule has 1 aliphatic carbocycles. The van der Waals surface area contributed by atoms with E-state index in [1.807, 2.05) is 24.3 Å². The molecule has 0 aliphatic heterocycles. The lowest BCUT2D eigenvalue weighted by molar-refractivity contribution is 0.146. The topological polar surface area (TPSA) is 82.0 Å². The van der Waals surface area contributed by atoms with Crippen LogP contribution in [0.5, 0.6) is 5.75 Å². The van der Waals surface area contributed by atoms with Gasteiger partial charge in [0.1, 0.15) is 16.8 Å². The molecule has 39 heavy (non-hydrogen) atoms. The predicted molar refractivity (Wildman–Crippen MR) is 162 cm³/mol. The number of H-pyrrole nitrogens is 1. The van der Waals surface area contributed by atoms with Gasteiger partial charge in [-0.25, -0.2) is 0 Å². The Morgan fingerprint density at radius 1 is 0.974 bits per heavy atom. The lowest BCUT2D eigenvalue weighted by atomic mass is 9.64. The summed E-state index contributed by atoms with van der Waals surface area (Å²) in [6.45, 7) is 19.7. The molecule has 1 aromatic heterocycles. The molecule has 5 nitrogen and oxygen atoms in total. The van der Waals surface area contributed by atoms with Gasteiger partial charge in [-0.2, -0.15) is 15.4 Å². The van der Waals surface area contributed by atoms with Crippen LogP contribution in [0.25, 0.3) is 11.0 Å². The van der Waals surface area contributed by atoms with Gasteiger partial charge in [-0.15, -0.1) is 0 Å². The quantitative estimate of drug-likeness (QED) is 0.278. The molecule has 1 aliphatic rings. The van der Waals surface area contributed by atoms with Crippen molar-refractivity contribution in [3.63, 3.8) is 0 Å². The number of aliphatic hydroxyl groups is 1. The molecule has 0 fully saturated rings. The third kappa shape index (κ3) is 5.16. The number of aromatic hydroxyl groups is 1. The molecule has 3 aromatic rings. The van der Waals surface area contributed by atoms with E-state index in [-0.39, 0.29) is 22.0 Å². The van der Waals surface area contributed by atoms with Crippen molar-refractivity contribution < 1.29 is 10.2 Å². The summed E-state index contributed by atoms with van der Waals surface area (Å²) in [4.78, 5) is 0. The molecule has 2 atom stereocenters. The van der Waals surface area contributed by atoms with Gasteiger partial charge < -0.3 is 10.2 Å². The van der Waals surface area contributed by atoms with Crippen molar-refractivity contribution in [1.29, 1.82) is 0 Å². The molecule has 2 aromatic carbocycles. The van der Waals surface area contributed by atoms with Crippen molar-refractivity contribution in [3.8, 4) is 5.75 Å². The first-order valence-electron chi connectivity index (χ1n) is 14.0. The first-order chi connectivity index (χ1) is 18.1. The minimum atomic E-state index is -0.981. The van der Waals surface area contributed by atoms with E-state index in [1.54, 1.807) is 0 Å². The number of hydrogen-bond donors (Lipinski definition) is 3. The van der Waals surface area contributed by atoms with Crippen molar-refractivity contribution in [2.24, 2.45) is 5.41 Å². The first-order valence-corrected chi connectivity index (χ1v) is 14.4. The van der Waals surface area contributed by atoms with E-state index in [9.17, 15) is 10.2 Å². The summed E-state index contributed by atoms with van der Waals surface area (Å²) < 4.78 is 0. The van der Waals surface area contributed by atoms with E-state index >= 15 is 0 Å². The second kappa shape index (κ2) is 10.1. The molecule has 0 radical (unpaired) electrons. The first kappa shape index (κ1) is 29.4. The van der Waals surface area contributed by atoms with Crippen LogP contribution in [0, 0.1) is 5.41 Å². The molecule has 3 N–H and O–H groups in total. The number of aromatic nitrogens is 3. The summed E-state index contributed by atoms with van der Waals surface area (Å²) in [7, 11) is 0. The van der Waals surface area contributed by atoms with E-state index in [0.717, 1.165) is 29.5 Å².